The van der Waals surface area contributed by atoms with Crippen molar-refractivity contribution in [3.8, 4) is 0 Å². The average molecular weight is 399 g/mol. The number of hydrogen-bond donors (Lipinski definition) is 1. The van der Waals surface area contributed by atoms with Crippen molar-refractivity contribution >= 4 is 5.97 Å². The quantitative estimate of drug-likeness (QED) is 0.337. The minimum Gasteiger partial charge on any atom is -0.460 e. The van der Waals surface area contributed by atoms with Crippen LogP contribution in [0.3, 0.4) is 0 Å². The van der Waals surface area contributed by atoms with Crippen LogP contribution in [0, 0.1) is 22.2 Å². The van der Waals surface area contributed by atoms with Crippen molar-refractivity contribution in [1.29, 1.82) is 0 Å². The summed E-state index contributed by atoms with van der Waals surface area (Å²) in [5.41, 5.74) is -1.19. The van der Waals surface area contributed by atoms with Crippen LogP contribution in [0.2, 0.25) is 0 Å². The maximum atomic E-state index is 13.2. The van der Waals surface area contributed by atoms with E-state index in [0.29, 0.717) is 5.92 Å². The molecule has 2 atom stereocenters. The highest BCUT2D eigenvalue weighted by atomic mass is 16.6. The van der Waals surface area contributed by atoms with Gasteiger partial charge in [0, 0.05) is 0 Å². The Labute approximate surface area is 173 Å². The van der Waals surface area contributed by atoms with Gasteiger partial charge in [0.05, 0.1) is 11.0 Å². The van der Waals surface area contributed by atoms with E-state index in [1.165, 1.54) is 12.8 Å². The fourth-order valence-corrected chi connectivity index (χ4v) is 4.47. The van der Waals surface area contributed by atoms with E-state index < -0.39 is 17.3 Å². The minimum atomic E-state index is -1.09. The third kappa shape index (κ3) is 6.19. The molecular weight excluding hydrogens is 352 g/mol. The molecule has 0 aliphatic heterocycles. The van der Waals surface area contributed by atoms with Gasteiger partial charge in [-0.3, -0.25) is 4.79 Å². The number of carbonyl (C=O) groups excluding carboxylic acids is 1. The van der Waals surface area contributed by atoms with Gasteiger partial charge < -0.3 is 14.6 Å². The van der Waals surface area contributed by atoms with Crippen LogP contribution in [0.5, 0.6) is 0 Å². The predicted molar refractivity (Wildman–Crippen MR) is 115 cm³/mol. The van der Waals surface area contributed by atoms with Gasteiger partial charge in [-0.2, -0.15) is 0 Å². The van der Waals surface area contributed by atoms with Crippen LogP contribution >= 0.6 is 0 Å². The van der Waals surface area contributed by atoms with Crippen molar-refractivity contribution in [2.45, 2.75) is 119 Å². The SMILES string of the molecule is CCC(C)(C)CC(C)(C(=O)OCC(O)OC(C)(C)C1CCCC1)C(C)(C)CC. The summed E-state index contributed by atoms with van der Waals surface area (Å²) in [4.78, 5) is 13.2. The van der Waals surface area contributed by atoms with Crippen molar-refractivity contribution in [1.82, 2.24) is 0 Å². The van der Waals surface area contributed by atoms with Crippen LogP contribution in [-0.2, 0) is 14.3 Å². The fourth-order valence-electron chi connectivity index (χ4n) is 4.47. The molecule has 0 radical (unpaired) electrons. The largest absolute Gasteiger partial charge is 0.460 e. The van der Waals surface area contributed by atoms with Gasteiger partial charge in [-0.25, -0.2) is 0 Å². The summed E-state index contributed by atoms with van der Waals surface area (Å²) in [5, 5.41) is 10.4. The fraction of sp³-hybridized carbons (Fsp3) is 0.958. The Morgan fingerprint density at radius 3 is 2.00 bits per heavy atom. The second-order valence-corrected chi connectivity index (χ2v) is 11.0. The van der Waals surface area contributed by atoms with Crippen LogP contribution < -0.4 is 0 Å². The van der Waals surface area contributed by atoms with Crippen LogP contribution in [-0.4, -0.2) is 29.6 Å². The summed E-state index contributed by atoms with van der Waals surface area (Å²) >= 11 is 0. The smallest absolute Gasteiger partial charge is 0.312 e. The second-order valence-electron chi connectivity index (χ2n) is 11.0. The molecule has 1 aliphatic rings. The van der Waals surface area contributed by atoms with E-state index in [2.05, 4.69) is 41.5 Å². The van der Waals surface area contributed by atoms with E-state index in [-0.39, 0.29) is 23.4 Å². The highest BCUT2D eigenvalue weighted by Gasteiger charge is 2.50. The van der Waals surface area contributed by atoms with E-state index in [1.807, 2.05) is 20.8 Å². The van der Waals surface area contributed by atoms with Crippen molar-refractivity contribution in [3.63, 3.8) is 0 Å². The highest BCUT2D eigenvalue weighted by molar-refractivity contribution is 5.77. The number of aliphatic hydroxyl groups excluding tert-OH is 1. The van der Waals surface area contributed by atoms with Gasteiger partial charge in [-0.05, 0) is 63.2 Å². The molecule has 0 amide bonds. The van der Waals surface area contributed by atoms with E-state index in [1.54, 1.807) is 0 Å². The third-order valence-electron chi connectivity index (χ3n) is 7.75. The average Bonchev–Trinajstić information content (AvgIpc) is 3.14. The lowest BCUT2D eigenvalue weighted by Gasteiger charge is -2.46. The first-order valence-electron chi connectivity index (χ1n) is 11.2. The summed E-state index contributed by atoms with van der Waals surface area (Å²) in [6.07, 6.45) is 6.25. The van der Waals surface area contributed by atoms with E-state index in [4.69, 9.17) is 9.47 Å². The lowest BCUT2D eigenvalue weighted by atomic mass is 9.58. The standard InChI is InChI=1S/C24H46O4/c1-10-21(3,4)17-24(9,22(5,6)11-2)20(26)27-16-19(25)28-23(7,8)18-14-12-13-15-18/h18-19,25H,10-17H2,1-9H3. The summed E-state index contributed by atoms with van der Waals surface area (Å²) < 4.78 is 11.5. The Kier molecular flexibility index (Phi) is 8.60. The van der Waals surface area contributed by atoms with Gasteiger partial charge in [0.15, 0.2) is 6.29 Å². The van der Waals surface area contributed by atoms with Gasteiger partial charge >= 0.3 is 5.97 Å². The van der Waals surface area contributed by atoms with Gasteiger partial charge in [0.1, 0.15) is 6.61 Å². The topological polar surface area (TPSA) is 55.8 Å². The summed E-state index contributed by atoms with van der Waals surface area (Å²) in [6, 6.07) is 0. The van der Waals surface area contributed by atoms with Crippen molar-refractivity contribution in [3.05, 3.63) is 0 Å². The zero-order valence-electron chi connectivity index (χ0n) is 20.0. The molecule has 4 heteroatoms. The minimum absolute atomic E-state index is 0.0415. The van der Waals surface area contributed by atoms with Crippen molar-refractivity contribution in [2.75, 3.05) is 6.61 Å². The third-order valence-corrected chi connectivity index (χ3v) is 7.75. The van der Waals surface area contributed by atoms with Gasteiger partial charge in [0.2, 0.25) is 0 Å². The molecular formula is C24H46O4. The first kappa shape index (κ1) is 25.4. The first-order valence-corrected chi connectivity index (χ1v) is 11.2. The molecule has 1 saturated carbocycles. The number of ether oxygens (including phenoxy) is 2. The highest BCUT2D eigenvalue weighted by Crippen LogP contribution is 2.50. The van der Waals surface area contributed by atoms with E-state index in [0.717, 1.165) is 32.1 Å². The molecule has 0 aromatic carbocycles. The normalized spacial score (nSPS) is 20.1. The summed E-state index contributed by atoms with van der Waals surface area (Å²) in [5.74, 6) is 0.217. The molecule has 0 bridgehead atoms. The zero-order chi connectivity index (χ0) is 21.8. The monoisotopic (exact) mass is 398 g/mol. The number of aliphatic hydroxyl groups is 1. The molecule has 0 spiro atoms. The van der Waals surface area contributed by atoms with Gasteiger partial charge in [-0.1, -0.05) is 60.8 Å². The maximum Gasteiger partial charge on any atom is 0.312 e. The maximum absolute atomic E-state index is 13.2. The van der Waals surface area contributed by atoms with Gasteiger partial charge in [0.25, 0.3) is 0 Å². The number of hydrogen-bond acceptors (Lipinski definition) is 4. The first-order chi connectivity index (χ1) is 12.7. The Morgan fingerprint density at radius 1 is 1.00 bits per heavy atom. The zero-order valence-corrected chi connectivity index (χ0v) is 20.0. The molecule has 2 unspecified atom stereocenters. The Morgan fingerprint density at radius 2 is 1.54 bits per heavy atom. The van der Waals surface area contributed by atoms with Gasteiger partial charge in [-0.15, -0.1) is 0 Å². The van der Waals surface area contributed by atoms with Crippen molar-refractivity contribution in [2.24, 2.45) is 22.2 Å². The molecule has 166 valence electrons. The van der Waals surface area contributed by atoms with Crippen LogP contribution in [0.15, 0.2) is 0 Å². The molecule has 1 rings (SSSR count). The second kappa shape index (κ2) is 9.47. The van der Waals surface area contributed by atoms with Crippen LogP contribution in [0.4, 0.5) is 0 Å². The molecule has 28 heavy (non-hydrogen) atoms. The lowest BCUT2D eigenvalue weighted by molar-refractivity contribution is -0.218. The molecule has 0 saturated heterocycles. The molecule has 1 aliphatic carbocycles. The molecule has 0 aromatic heterocycles. The molecule has 0 aromatic rings. The Hall–Kier alpha value is -0.610. The Bertz CT molecular complexity index is 503. The van der Waals surface area contributed by atoms with Crippen LogP contribution in [0.1, 0.15) is 107 Å². The number of esters is 1. The summed E-state index contributed by atoms with van der Waals surface area (Å²) in [7, 11) is 0. The molecule has 1 N–H and O–H groups in total. The molecule has 0 heterocycles. The lowest BCUT2D eigenvalue weighted by Crippen LogP contribution is -2.47. The molecule has 1 fully saturated rings. The number of rotatable bonds is 11. The predicted octanol–water partition coefficient (Wildman–Crippen LogP) is 6.10. The van der Waals surface area contributed by atoms with E-state index in [9.17, 15) is 9.90 Å². The number of carbonyl (C=O) groups is 1. The van der Waals surface area contributed by atoms with Crippen molar-refractivity contribution < 1.29 is 19.4 Å². The van der Waals surface area contributed by atoms with Crippen LogP contribution in [0.25, 0.3) is 0 Å². The van der Waals surface area contributed by atoms with E-state index >= 15 is 0 Å². The molecule has 4 nitrogen and oxygen atoms in total. The Balaban J connectivity index is 2.79. The summed E-state index contributed by atoms with van der Waals surface area (Å²) in [6.45, 7) is 18.9.